The summed E-state index contributed by atoms with van der Waals surface area (Å²) in [5.74, 6) is 3.14. The van der Waals surface area contributed by atoms with Gasteiger partial charge in [0.2, 0.25) is 0 Å². The van der Waals surface area contributed by atoms with E-state index >= 15 is 0 Å². The van der Waals surface area contributed by atoms with E-state index in [0.29, 0.717) is 0 Å². The molecule has 0 N–H and O–H groups in total. The Balaban J connectivity index is 0.00000152. The van der Waals surface area contributed by atoms with Crippen molar-refractivity contribution >= 4 is 43.0 Å². The Bertz CT molecular complexity index is 1010. The normalized spacial score (nSPS) is 17.4. The minimum absolute atomic E-state index is 0. The van der Waals surface area contributed by atoms with Crippen LogP contribution < -0.4 is 4.90 Å². The van der Waals surface area contributed by atoms with Gasteiger partial charge in [0.05, 0.1) is 32.3 Å². The maximum atomic E-state index is 5.53. The molecule has 8 nitrogen and oxygen atoms in total. The molecule has 2 saturated heterocycles. The van der Waals surface area contributed by atoms with Crippen molar-refractivity contribution in [2.45, 2.75) is 26.1 Å². The molecule has 11 heteroatoms. The van der Waals surface area contributed by atoms with E-state index in [1.165, 1.54) is 5.56 Å². The zero-order valence-electron chi connectivity index (χ0n) is 20.6. The lowest BCUT2D eigenvalue weighted by molar-refractivity contribution is 0.0324. The highest BCUT2D eigenvalue weighted by molar-refractivity contribution is 5.86. The van der Waals surface area contributed by atoms with Crippen molar-refractivity contribution in [2.75, 3.05) is 57.4 Å². The van der Waals surface area contributed by atoms with Gasteiger partial charge in [0.1, 0.15) is 17.5 Å². The largest absolute Gasteiger partial charge is 0.379 e. The minimum atomic E-state index is 0. The molecule has 1 unspecified atom stereocenters. The molecular weight excluding hydrogens is 521 g/mol. The molecule has 1 atom stereocenters. The van der Waals surface area contributed by atoms with E-state index in [9.17, 15) is 0 Å². The van der Waals surface area contributed by atoms with Crippen LogP contribution in [0.3, 0.4) is 0 Å². The van der Waals surface area contributed by atoms with Crippen LogP contribution in [0.5, 0.6) is 0 Å². The molecule has 36 heavy (non-hydrogen) atoms. The van der Waals surface area contributed by atoms with Crippen molar-refractivity contribution < 1.29 is 4.74 Å². The molecule has 1 aromatic carbocycles. The first-order valence-corrected chi connectivity index (χ1v) is 11.9. The summed E-state index contributed by atoms with van der Waals surface area (Å²) < 4.78 is 7.89. The molecule has 3 aromatic rings. The van der Waals surface area contributed by atoms with E-state index in [-0.39, 0.29) is 43.3 Å². The average molecular weight is 557 g/mol. The summed E-state index contributed by atoms with van der Waals surface area (Å²) >= 11 is 0. The number of anilines is 1. The molecule has 0 radical (unpaired) electrons. The van der Waals surface area contributed by atoms with Gasteiger partial charge in [-0.1, -0.05) is 36.4 Å². The number of aromatic nitrogens is 4. The molecule has 5 rings (SSSR count). The summed E-state index contributed by atoms with van der Waals surface area (Å²) in [6.07, 6.45) is 1.87. The first kappa shape index (κ1) is 30.3. The molecule has 2 aliphatic heterocycles. The van der Waals surface area contributed by atoms with Crippen molar-refractivity contribution in [1.29, 1.82) is 0 Å². The lowest BCUT2D eigenvalue weighted by Gasteiger charge is -2.35. The van der Waals surface area contributed by atoms with Crippen LogP contribution in [0.15, 0.2) is 54.7 Å². The van der Waals surface area contributed by atoms with Gasteiger partial charge in [-0.05, 0) is 24.6 Å². The third-order valence-corrected chi connectivity index (χ3v) is 6.69. The molecule has 0 bridgehead atoms. The lowest BCUT2D eigenvalue weighted by Crippen LogP contribution is -2.46. The zero-order valence-corrected chi connectivity index (χ0v) is 23.1. The van der Waals surface area contributed by atoms with E-state index < -0.39 is 0 Å². The number of halogens is 3. The molecule has 2 fully saturated rings. The molecule has 0 saturated carbocycles. The number of nitrogens with zero attached hydrogens (tertiary/aromatic N) is 7. The summed E-state index contributed by atoms with van der Waals surface area (Å²) in [5, 5.41) is 9.36. The quantitative estimate of drug-likeness (QED) is 0.440. The maximum absolute atomic E-state index is 5.53. The number of hydrogen-bond donors (Lipinski definition) is 0. The van der Waals surface area contributed by atoms with Crippen LogP contribution in [0.25, 0.3) is 0 Å². The topological polar surface area (TPSA) is 62.6 Å². The van der Waals surface area contributed by atoms with Gasteiger partial charge in [-0.3, -0.25) is 9.80 Å². The average Bonchev–Trinajstić information content (AvgIpc) is 3.27. The molecular formula is C25H36Cl3N7O. The number of ether oxygens (including phenoxy) is 1. The first-order chi connectivity index (χ1) is 16.3. The second-order valence-corrected chi connectivity index (χ2v) is 8.83. The summed E-state index contributed by atoms with van der Waals surface area (Å²) in [5.41, 5.74) is 1.28. The van der Waals surface area contributed by atoms with Crippen LogP contribution in [0, 0.1) is 0 Å². The van der Waals surface area contributed by atoms with E-state index in [0.717, 1.165) is 83.0 Å². The number of pyridine rings is 1. The van der Waals surface area contributed by atoms with Crippen LogP contribution in [0.2, 0.25) is 0 Å². The zero-order chi connectivity index (χ0) is 22.5. The van der Waals surface area contributed by atoms with Gasteiger partial charge in [-0.15, -0.1) is 47.4 Å². The van der Waals surface area contributed by atoms with Gasteiger partial charge in [-0.25, -0.2) is 4.98 Å². The SMILES string of the molecule is CC(c1ccccc1)n1c(CN2CCOCC2)nnc1CN1CCN(c2ccccn2)CC1.Cl.Cl.Cl. The summed E-state index contributed by atoms with van der Waals surface area (Å²) in [4.78, 5) is 11.8. The van der Waals surface area contributed by atoms with Crippen LogP contribution in [-0.2, 0) is 17.8 Å². The number of hydrogen-bond acceptors (Lipinski definition) is 7. The summed E-state index contributed by atoms with van der Waals surface area (Å²) in [6.45, 7) is 11.2. The van der Waals surface area contributed by atoms with Crippen molar-refractivity contribution in [3.8, 4) is 0 Å². The Morgan fingerprint density at radius 2 is 1.33 bits per heavy atom. The fraction of sp³-hybridized carbons (Fsp3) is 0.480. The summed E-state index contributed by atoms with van der Waals surface area (Å²) in [7, 11) is 0. The predicted octanol–water partition coefficient (Wildman–Crippen LogP) is 3.70. The lowest BCUT2D eigenvalue weighted by atomic mass is 10.1. The van der Waals surface area contributed by atoms with Gasteiger partial charge in [-0.2, -0.15) is 0 Å². The van der Waals surface area contributed by atoms with E-state index in [1.807, 2.05) is 12.3 Å². The van der Waals surface area contributed by atoms with Crippen LogP contribution in [0.4, 0.5) is 5.82 Å². The van der Waals surface area contributed by atoms with Crippen molar-refractivity contribution in [3.63, 3.8) is 0 Å². The molecule has 2 aliphatic rings. The number of piperazine rings is 1. The monoisotopic (exact) mass is 555 g/mol. The number of morpholine rings is 1. The van der Waals surface area contributed by atoms with Gasteiger partial charge in [0.25, 0.3) is 0 Å². The second kappa shape index (κ2) is 14.7. The van der Waals surface area contributed by atoms with Gasteiger partial charge >= 0.3 is 0 Å². The molecule has 2 aromatic heterocycles. The standard InChI is InChI=1S/C25H33N7O.3ClH/c1-21(22-7-3-2-4-8-22)32-24(27-28-25(32)20-30-15-17-33-18-16-30)19-29-11-13-31(14-12-29)23-9-5-6-10-26-23;;;/h2-10,21H,11-20H2,1H3;3*1H. The molecule has 0 aliphatic carbocycles. The Hall–Kier alpha value is -1.94. The molecule has 0 spiro atoms. The van der Waals surface area contributed by atoms with E-state index in [2.05, 4.69) is 83.8 Å². The fourth-order valence-corrected chi connectivity index (χ4v) is 4.74. The Labute approximate surface area is 232 Å². The molecule has 198 valence electrons. The van der Waals surface area contributed by atoms with Crippen LogP contribution in [-0.4, -0.2) is 82.0 Å². The highest BCUT2D eigenvalue weighted by Gasteiger charge is 2.25. The highest BCUT2D eigenvalue weighted by atomic mass is 35.5. The fourth-order valence-electron chi connectivity index (χ4n) is 4.74. The Kier molecular flexibility index (Phi) is 12.4. The van der Waals surface area contributed by atoms with E-state index in [4.69, 9.17) is 4.74 Å². The third kappa shape index (κ3) is 7.31. The number of benzene rings is 1. The smallest absolute Gasteiger partial charge is 0.147 e. The second-order valence-electron chi connectivity index (χ2n) is 8.83. The van der Waals surface area contributed by atoms with Gasteiger partial charge < -0.3 is 14.2 Å². The van der Waals surface area contributed by atoms with E-state index in [1.54, 1.807) is 0 Å². The van der Waals surface area contributed by atoms with Gasteiger partial charge in [0.15, 0.2) is 0 Å². The highest BCUT2D eigenvalue weighted by Crippen LogP contribution is 2.23. The first-order valence-electron chi connectivity index (χ1n) is 11.9. The molecule has 0 amide bonds. The maximum Gasteiger partial charge on any atom is 0.147 e. The van der Waals surface area contributed by atoms with Crippen molar-refractivity contribution in [1.82, 2.24) is 29.5 Å². The Morgan fingerprint density at radius 1 is 0.750 bits per heavy atom. The van der Waals surface area contributed by atoms with Crippen molar-refractivity contribution in [2.24, 2.45) is 0 Å². The van der Waals surface area contributed by atoms with Crippen molar-refractivity contribution in [3.05, 3.63) is 71.9 Å². The van der Waals surface area contributed by atoms with Crippen LogP contribution >= 0.6 is 37.2 Å². The van der Waals surface area contributed by atoms with Crippen LogP contribution in [0.1, 0.15) is 30.2 Å². The number of rotatable bonds is 7. The minimum Gasteiger partial charge on any atom is -0.379 e. The van der Waals surface area contributed by atoms with Gasteiger partial charge in [0, 0.05) is 45.5 Å². The predicted molar refractivity (Wildman–Crippen MR) is 150 cm³/mol. The molecule has 4 heterocycles. The summed E-state index contributed by atoms with van der Waals surface area (Å²) in [6, 6.07) is 17.0. The Morgan fingerprint density at radius 3 is 1.92 bits per heavy atom. The third-order valence-electron chi connectivity index (χ3n) is 6.69.